The van der Waals surface area contributed by atoms with Crippen molar-refractivity contribution < 1.29 is 9.57 Å². The summed E-state index contributed by atoms with van der Waals surface area (Å²) in [7, 11) is 0. The molecule has 0 aromatic heterocycles. The lowest BCUT2D eigenvalue weighted by Gasteiger charge is -2.36. The molecule has 1 aliphatic heterocycles. The molecule has 0 saturated carbocycles. The second-order valence-electron chi connectivity index (χ2n) is 6.63. The standard InChI is InChI=1S/C18H29N5O2.BrH/c1-5-7-14-12-13(2)8-9-15(14)24-10-6-11-25-23-17(20)21-16(19)22-18(23,3)4;/h8-9,12H,5-7,10-11H2,1-4H3,(H4,19,20,21,22);1H. The summed E-state index contributed by atoms with van der Waals surface area (Å²) in [5, 5.41) is 1.48. The van der Waals surface area contributed by atoms with Crippen molar-refractivity contribution in [3.05, 3.63) is 29.3 Å². The molecule has 0 amide bonds. The highest BCUT2D eigenvalue weighted by Gasteiger charge is 2.32. The molecule has 1 aromatic carbocycles. The number of benzene rings is 1. The molecule has 1 aromatic rings. The van der Waals surface area contributed by atoms with Gasteiger partial charge in [0.25, 0.3) is 0 Å². The molecule has 2 rings (SSSR count). The van der Waals surface area contributed by atoms with Crippen molar-refractivity contribution in [2.45, 2.75) is 52.6 Å². The van der Waals surface area contributed by atoms with E-state index < -0.39 is 5.66 Å². The summed E-state index contributed by atoms with van der Waals surface area (Å²) in [6.07, 6.45) is 2.83. The fourth-order valence-electron chi connectivity index (χ4n) is 2.73. The summed E-state index contributed by atoms with van der Waals surface area (Å²) >= 11 is 0. The minimum absolute atomic E-state index is 0. The second kappa shape index (κ2) is 9.78. The molecule has 0 fully saturated rings. The summed E-state index contributed by atoms with van der Waals surface area (Å²) in [4.78, 5) is 13.9. The van der Waals surface area contributed by atoms with Crippen molar-refractivity contribution in [1.29, 1.82) is 0 Å². The molecular weight excluding hydrogens is 398 g/mol. The molecule has 1 heterocycles. The highest BCUT2D eigenvalue weighted by molar-refractivity contribution is 8.93. The topological polar surface area (TPSA) is 98.5 Å². The van der Waals surface area contributed by atoms with Crippen molar-refractivity contribution in [2.24, 2.45) is 21.5 Å². The minimum atomic E-state index is -0.679. The molecule has 26 heavy (non-hydrogen) atoms. The van der Waals surface area contributed by atoms with Crippen LogP contribution >= 0.6 is 17.0 Å². The number of guanidine groups is 2. The maximum Gasteiger partial charge on any atom is 0.226 e. The first kappa shape index (κ1) is 22.2. The van der Waals surface area contributed by atoms with Crippen LogP contribution in [0.25, 0.3) is 0 Å². The van der Waals surface area contributed by atoms with Crippen LogP contribution in [0.1, 0.15) is 44.7 Å². The van der Waals surface area contributed by atoms with Gasteiger partial charge in [0.2, 0.25) is 11.9 Å². The smallest absolute Gasteiger partial charge is 0.226 e. The fourth-order valence-corrected chi connectivity index (χ4v) is 2.73. The van der Waals surface area contributed by atoms with E-state index in [2.05, 4.69) is 36.0 Å². The molecule has 8 heteroatoms. The highest BCUT2D eigenvalue weighted by atomic mass is 79.9. The zero-order chi connectivity index (χ0) is 18.4. The summed E-state index contributed by atoms with van der Waals surface area (Å²) in [6, 6.07) is 6.29. The third-order valence-corrected chi connectivity index (χ3v) is 3.82. The monoisotopic (exact) mass is 427 g/mol. The van der Waals surface area contributed by atoms with Crippen LogP contribution in [0.15, 0.2) is 28.2 Å². The lowest BCUT2D eigenvalue weighted by Crippen LogP contribution is -2.53. The van der Waals surface area contributed by atoms with Crippen LogP contribution in [-0.4, -0.2) is 35.9 Å². The number of hydrogen-bond donors (Lipinski definition) is 2. The van der Waals surface area contributed by atoms with Crippen LogP contribution in [0.4, 0.5) is 0 Å². The van der Waals surface area contributed by atoms with Crippen molar-refractivity contribution in [1.82, 2.24) is 5.06 Å². The van der Waals surface area contributed by atoms with Crippen molar-refractivity contribution in [3.8, 4) is 5.75 Å². The number of hydroxylamine groups is 2. The van der Waals surface area contributed by atoms with Crippen LogP contribution in [-0.2, 0) is 11.3 Å². The summed E-state index contributed by atoms with van der Waals surface area (Å²) in [5.74, 6) is 1.32. The van der Waals surface area contributed by atoms with Gasteiger partial charge in [-0.25, -0.2) is 4.99 Å². The zero-order valence-electron chi connectivity index (χ0n) is 16.0. The van der Waals surface area contributed by atoms with Crippen LogP contribution in [0.5, 0.6) is 5.75 Å². The van der Waals surface area contributed by atoms with E-state index in [1.807, 2.05) is 19.9 Å². The molecule has 0 atom stereocenters. The SMILES string of the molecule is Br.CCCc1cc(C)ccc1OCCCON1C(N)=NC(N)=NC1(C)C. The van der Waals surface area contributed by atoms with E-state index >= 15 is 0 Å². The van der Waals surface area contributed by atoms with Gasteiger partial charge in [0.05, 0.1) is 13.2 Å². The van der Waals surface area contributed by atoms with Crippen LogP contribution in [0.2, 0.25) is 0 Å². The van der Waals surface area contributed by atoms with E-state index in [0.717, 1.165) is 25.0 Å². The average molecular weight is 428 g/mol. The summed E-state index contributed by atoms with van der Waals surface area (Å²) < 4.78 is 5.92. The Morgan fingerprint density at radius 1 is 1.19 bits per heavy atom. The van der Waals surface area contributed by atoms with Gasteiger partial charge in [-0.2, -0.15) is 10.1 Å². The van der Waals surface area contributed by atoms with Gasteiger partial charge >= 0.3 is 0 Å². The van der Waals surface area contributed by atoms with Gasteiger partial charge in [0.15, 0.2) is 5.66 Å². The molecule has 7 nitrogen and oxygen atoms in total. The first-order valence-corrected chi connectivity index (χ1v) is 8.68. The van der Waals surface area contributed by atoms with E-state index in [4.69, 9.17) is 21.0 Å². The Morgan fingerprint density at radius 2 is 1.92 bits per heavy atom. The molecule has 0 aliphatic carbocycles. The Balaban J connectivity index is 0.00000338. The molecule has 0 radical (unpaired) electrons. The molecule has 146 valence electrons. The number of nitrogens with two attached hydrogens (primary N) is 2. The Hall–Kier alpha value is -1.80. The maximum atomic E-state index is 5.92. The molecule has 0 saturated heterocycles. The highest BCUT2D eigenvalue weighted by Crippen LogP contribution is 2.22. The number of hydrogen-bond acceptors (Lipinski definition) is 7. The van der Waals surface area contributed by atoms with Gasteiger partial charge in [0.1, 0.15) is 5.75 Å². The second-order valence-corrected chi connectivity index (χ2v) is 6.63. The molecule has 1 aliphatic rings. The molecule has 0 bridgehead atoms. The van der Waals surface area contributed by atoms with Crippen molar-refractivity contribution in [3.63, 3.8) is 0 Å². The Bertz CT molecular complexity index is 661. The van der Waals surface area contributed by atoms with Crippen LogP contribution in [0, 0.1) is 6.92 Å². The summed E-state index contributed by atoms with van der Waals surface area (Å²) in [6.45, 7) is 9.00. The van der Waals surface area contributed by atoms with Gasteiger partial charge in [-0.1, -0.05) is 31.0 Å². The van der Waals surface area contributed by atoms with Gasteiger partial charge in [-0.15, -0.1) is 17.0 Å². The predicted molar refractivity (Wildman–Crippen MR) is 111 cm³/mol. The normalized spacial score (nSPS) is 15.8. The van der Waals surface area contributed by atoms with Gasteiger partial charge in [-0.3, -0.25) is 4.84 Å². The summed E-state index contributed by atoms with van der Waals surface area (Å²) in [5.41, 5.74) is 13.3. The first-order chi connectivity index (χ1) is 11.8. The number of aryl methyl sites for hydroxylation is 2. The average Bonchev–Trinajstić information content (AvgIpc) is 2.50. The number of aliphatic imine (C=N–C) groups is 2. The van der Waals surface area contributed by atoms with Crippen LogP contribution < -0.4 is 16.2 Å². The maximum absolute atomic E-state index is 5.92. The van der Waals surface area contributed by atoms with E-state index in [-0.39, 0.29) is 28.9 Å². The van der Waals surface area contributed by atoms with E-state index in [1.165, 1.54) is 16.2 Å². The van der Waals surface area contributed by atoms with E-state index in [0.29, 0.717) is 13.2 Å². The fraction of sp³-hybridized carbons (Fsp3) is 0.556. The molecule has 0 spiro atoms. The van der Waals surface area contributed by atoms with Gasteiger partial charge in [0, 0.05) is 6.42 Å². The number of rotatable bonds is 8. The Kier molecular flexibility index (Phi) is 8.36. The van der Waals surface area contributed by atoms with Crippen molar-refractivity contribution in [2.75, 3.05) is 13.2 Å². The quantitative estimate of drug-likeness (QED) is 0.621. The number of nitrogens with zero attached hydrogens (tertiary/aromatic N) is 3. The van der Waals surface area contributed by atoms with Gasteiger partial charge < -0.3 is 16.2 Å². The zero-order valence-corrected chi connectivity index (χ0v) is 17.7. The third kappa shape index (κ3) is 5.88. The molecule has 4 N–H and O–H groups in total. The molecule has 0 unspecified atom stereocenters. The molecular formula is C18H30BrN5O2. The first-order valence-electron chi connectivity index (χ1n) is 8.68. The largest absolute Gasteiger partial charge is 0.493 e. The van der Waals surface area contributed by atoms with E-state index in [9.17, 15) is 0 Å². The van der Waals surface area contributed by atoms with Crippen molar-refractivity contribution >= 4 is 28.9 Å². The van der Waals surface area contributed by atoms with E-state index in [1.54, 1.807) is 0 Å². The minimum Gasteiger partial charge on any atom is -0.493 e. The van der Waals surface area contributed by atoms with Gasteiger partial charge in [-0.05, 0) is 38.8 Å². The predicted octanol–water partition coefficient (Wildman–Crippen LogP) is 2.91. The lowest BCUT2D eigenvalue weighted by atomic mass is 10.1. The number of ether oxygens (including phenoxy) is 1. The third-order valence-electron chi connectivity index (χ3n) is 3.82. The van der Waals surface area contributed by atoms with Crippen LogP contribution in [0.3, 0.4) is 0 Å². The Morgan fingerprint density at radius 3 is 2.58 bits per heavy atom. The number of halogens is 1. The Labute approximate surface area is 166 Å². The lowest BCUT2D eigenvalue weighted by molar-refractivity contribution is -0.158.